The summed E-state index contributed by atoms with van der Waals surface area (Å²) in [6.45, 7) is 0.957. The Balaban J connectivity index is 1.64. The number of hydrogen-bond donors (Lipinski definition) is 2. The third-order valence-corrected chi connectivity index (χ3v) is 2.76. The van der Waals surface area contributed by atoms with Crippen LogP contribution in [0.25, 0.3) is 0 Å². The van der Waals surface area contributed by atoms with Crippen LogP contribution in [0.2, 0.25) is 0 Å². The van der Waals surface area contributed by atoms with Crippen LogP contribution < -0.4 is 10.6 Å². The highest BCUT2D eigenvalue weighted by molar-refractivity contribution is 5.94. The molecule has 0 saturated carbocycles. The molecule has 6 heteroatoms. The monoisotopic (exact) mass is 284 g/mol. The molecule has 2 N–H and O–H groups in total. The molecule has 0 aliphatic heterocycles. The minimum absolute atomic E-state index is 0.115. The van der Waals surface area contributed by atoms with Crippen molar-refractivity contribution in [2.75, 3.05) is 13.1 Å². The van der Waals surface area contributed by atoms with Crippen molar-refractivity contribution in [2.24, 2.45) is 0 Å². The van der Waals surface area contributed by atoms with E-state index >= 15 is 0 Å². The topological polar surface area (TPSA) is 84.0 Å². The van der Waals surface area contributed by atoms with E-state index in [0.717, 1.165) is 0 Å². The zero-order valence-corrected chi connectivity index (χ0v) is 11.5. The van der Waals surface area contributed by atoms with Crippen LogP contribution in [0, 0.1) is 0 Å². The van der Waals surface area contributed by atoms with Crippen molar-refractivity contribution >= 4 is 11.8 Å². The Labute approximate surface area is 122 Å². The smallest absolute Gasteiger partial charge is 0.271 e. The van der Waals surface area contributed by atoms with Crippen molar-refractivity contribution in [1.29, 1.82) is 0 Å². The van der Waals surface area contributed by atoms with Crippen LogP contribution in [0.5, 0.6) is 0 Å². The van der Waals surface area contributed by atoms with Crippen LogP contribution in [0.4, 0.5) is 0 Å². The summed E-state index contributed by atoms with van der Waals surface area (Å²) in [4.78, 5) is 31.1. The standard InChI is InChI=1S/C15H16N4O2/c20-14(12-5-2-1-3-6-12)18-7-4-8-19-15(21)13-11-16-9-10-17-13/h1-3,5-6,9-11H,4,7-8H2,(H,18,20)(H,19,21). The van der Waals surface area contributed by atoms with Gasteiger partial charge in [-0.2, -0.15) is 0 Å². The molecule has 0 fully saturated rings. The molecule has 0 atom stereocenters. The molecule has 2 amide bonds. The largest absolute Gasteiger partial charge is 0.352 e. The quantitative estimate of drug-likeness (QED) is 0.776. The first-order valence-electron chi connectivity index (χ1n) is 6.65. The molecule has 108 valence electrons. The van der Waals surface area contributed by atoms with Gasteiger partial charge < -0.3 is 10.6 Å². The van der Waals surface area contributed by atoms with Crippen LogP contribution in [-0.4, -0.2) is 34.9 Å². The van der Waals surface area contributed by atoms with Crippen molar-refractivity contribution in [1.82, 2.24) is 20.6 Å². The Kier molecular flexibility index (Phi) is 5.40. The molecular weight excluding hydrogens is 268 g/mol. The first-order valence-corrected chi connectivity index (χ1v) is 6.65. The van der Waals surface area contributed by atoms with Crippen molar-refractivity contribution in [3.05, 3.63) is 60.2 Å². The number of carbonyl (C=O) groups is 2. The lowest BCUT2D eigenvalue weighted by Crippen LogP contribution is -2.30. The van der Waals surface area contributed by atoms with E-state index in [2.05, 4.69) is 20.6 Å². The molecule has 0 aliphatic carbocycles. The van der Waals surface area contributed by atoms with Gasteiger partial charge in [0.1, 0.15) is 5.69 Å². The van der Waals surface area contributed by atoms with Gasteiger partial charge in [0.25, 0.3) is 11.8 Å². The van der Waals surface area contributed by atoms with E-state index < -0.39 is 0 Å². The number of carbonyl (C=O) groups excluding carboxylic acids is 2. The van der Waals surface area contributed by atoms with Gasteiger partial charge in [-0.3, -0.25) is 14.6 Å². The molecule has 0 saturated heterocycles. The van der Waals surface area contributed by atoms with Crippen molar-refractivity contribution in [3.8, 4) is 0 Å². The van der Waals surface area contributed by atoms with Crippen LogP contribution >= 0.6 is 0 Å². The molecule has 6 nitrogen and oxygen atoms in total. The van der Waals surface area contributed by atoms with Gasteiger partial charge in [0.05, 0.1) is 6.20 Å². The molecule has 2 aromatic rings. The van der Waals surface area contributed by atoms with E-state index in [1.165, 1.54) is 18.6 Å². The summed E-state index contributed by atoms with van der Waals surface area (Å²) in [6.07, 6.45) is 5.03. The number of benzene rings is 1. The maximum atomic E-state index is 11.7. The lowest BCUT2D eigenvalue weighted by atomic mass is 10.2. The van der Waals surface area contributed by atoms with Gasteiger partial charge in [0, 0.05) is 31.0 Å². The lowest BCUT2D eigenvalue weighted by Gasteiger charge is -2.06. The highest BCUT2D eigenvalue weighted by atomic mass is 16.2. The zero-order chi connectivity index (χ0) is 14.9. The predicted molar refractivity (Wildman–Crippen MR) is 77.8 cm³/mol. The van der Waals surface area contributed by atoms with Crippen LogP contribution in [0.1, 0.15) is 27.3 Å². The maximum Gasteiger partial charge on any atom is 0.271 e. The Morgan fingerprint density at radius 1 is 0.952 bits per heavy atom. The first-order chi connectivity index (χ1) is 10.3. The van der Waals surface area contributed by atoms with E-state index in [9.17, 15) is 9.59 Å². The van der Waals surface area contributed by atoms with Crippen LogP contribution in [0.3, 0.4) is 0 Å². The number of rotatable bonds is 6. The molecule has 0 aliphatic rings. The normalized spacial score (nSPS) is 9.90. The van der Waals surface area contributed by atoms with Gasteiger partial charge in [-0.25, -0.2) is 4.98 Å². The summed E-state index contributed by atoms with van der Waals surface area (Å²) < 4.78 is 0. The Bertz CT molecular complexity index is 534. The van der Waals surface area contributed by atoms with Gasteiger partial charge in [-0.1, -0.05) is 18.2 Å². The fourth-order valence-electron chi connectivity index (χ4n) is 1.69. The van der Waals surface area contributed by atoms with Gasteiger partial charge in [-0.15, -0.1) is 0 Å². The number of nitrogens with zero attached hydrogens (tertiary/aromatic N) is 2. The second-order valence-corrected chi connectivity index (χ2v) is 4.32. The SMILES string of the molecule is O=C(NCCCNC(=O)c1cnccn1)c1ccccc1. The number of amides is 2. The molecule has 1 heterocycles. The third-order valence-electron chi connectivity index (χ3n) is 2.76. The molecule has 0 radical (unpaired) electrons. The number of nitrogens with one attached hydrogen (secondary N) is 2. The molecule has 0 spiro atoms. The van der Waals surface area contributed by atoms with Crippen LogP contribution in [-0.2, 0) is 0 Å². The summed E-state index contributed by atoms with van der Waals surface area (Å²) in [7, 11) is 0. The summed E-state index contributed by atoms with van der Waals surface area (Å²) in [5, 5.41) is 5.51. The average Bonchev–Trinajstić information content (AvgIpc) is 2.55. The van der Waals surface area contributed by atoms with E-state index in [1.807, 2.05) is 18.2 Å². The molecule has 2 rings (SSSR count). The number of hydrogen-bond acceptors (Lipinski definition) is 4. The highest BCUT2D eigenvalue weighted by Gasteiger charge is 2.06. The second-order valence-electron chi connectivity index (χ2n) is 4.32. The average molecular weight is 284 g/mol. The van der Waals surface area contributed by atoms with Crippen molar-refractivity contribution in [3.63, 3.8) is 0 Å². The molecule has 0 bridgehead atoms. The minimum Gasteiger partial charge on any atom is -0.352 e. The summed E-state index contributed by atoms with van der Waals surface area (Å²) >= 11 is 0. The lowest BCUT2D eigenvalue weighted by molar-refractivity contribution is 0.0947. The third kappa shape index (κ3) is 4.68. The number of aromatic nitrogens is 2. The summed E-state index contributed by atoms with van der Waals surface area (Å²) in [5.41, 5.74) is 0.909. The van der Waals surface area contributed by atoms with E-state index in [-0.39, 0.29) is 17.5 Å². The minimum atomic E-state index is -0.266. The molecule has 21 heavy (non-hydrogen) atoms. The van der Waals surface area contributed by atoms with E-state index in [0.29, 0.717) is 25.1 Å². The van der Waals surface area contributed by atoms with Gasteiger partial charge in [-0.05, 0) is 18.6 Å². The van der Waals surface area contributed by atoms with Crippen LogP contribution in [0.15, 0.2) is 48.9 Å². The summed E-state index contributed by atoms with van der Waals surface area (Å²) in [6, 6.07) is 9.00. The van der Waals surface area contributed by atoms with Gasteiger partial charge >= 0.3 is 0 Å². The Morgan fingerprint density at radius 2 is 1.67 bits per heavy atom. The molecule has 1 aromatic heterocycles. The first kappa shape index (κ1) is 14.6. The molecule has 0 unspecified atom stereocenters. The van der Waals surface area contributed by atoms with Crippen molar-refractivity contribution < 1.29 is 9.59 Å². The fraction of sp³-hybridized carbons (Fsp3) is 0.200. The van der Waals surface area contributed by atoms with E-state index in [4.69, 9.17) is 0 Å². The van der Waals surface area contributed by atoms with Gasteiger partial charge in [0.2, 0.25) is 0 Å². The fourth-order valence-corrected chi connectivity index (χ4v) is 1.69. The Hall–Kier alpha value is -2.76. The Morgan fingerprint density at radius 3 is 2.33 bits per heavy atom. The van der Waals surface area contributed by atoms with Gasteiger partial charge in [0.15, 0.2) is 0 Å². The molecule has 1 aromatic carbocycles. The summed E-state index contributed by atoms with van der Waals surface area (Å²) in [5.74, 6) is -0.381. The van der Waals surface area contributed by atoms with Crippen molar-refractivity contribution in [2.45, 2.75) is 6.42 Å². The zero-order valence-electron chi connectivity index (χ0n) is 11.5. The highest BCUT2D eigenvalue weighted by Crippen LogP contribution is 1.97. The second kappa shape index (κ2) is 7.74. The van der Waals surface area contributed by atoms with E-state index in [1.54, 1.807) is 12.1 Å². The maximum absolute atomic E-state index is 11.7. The predicted octanol–water partition coefficient (Wildman–Crippen LogP) is 1.03. The molecular formula is C15H16N4O2.